The lowest BCUT2D eigenvalue weighted by Gasteiger charge is -1.96. The molecule has 2 nitrogen and oxygen atoms in total. The van der Waals surface area contributed by atoms with Crippen molar-refractivity contribution in [2.24, 2.45) is 9.98 Å². The van der Waals surface area contributed by atoms with Crippen LogP contribution in [0.25, 0.3) is 0 Å². The quantitative estimate of drug-likeness (QED) is 0.417. The number of nitrogens with zero attached hydrogens (tertiary/aromatic N) is 2. The summed E-state index contributed by atoms with van der Waals surface area (Å²) in [5, 5.41) is 0. The SMILES string of the molecule is CC#CC1=NCCN=C1. The lowest BCUT2D eigenvalue weighted by atomic mass is 10.3. The number of rotatable bonds is 0. The van der Waals surface area contributed by atoms with Gasteiger partial charge in [0.15, 0.2) is 0 Å². The second kappa shape index (κ2) is 3.03. The predicted molar refractivity (Wildman–Crippen MR) is 39.1 cm³/mol. The van der Waals surface area contributed by atoms with Gasteiger partial charge >= 0.3 is 0 Å². The smallest absolute Gasteiger partial charge is 0.125 e. The van der Waals surface area contributed by atoms with Gasteiger partial charge in [-0.2, -0.15) is 0 Å². The zero-order chi connectivity index (χ0) is 6.53. The van der Waals surface area contributed by atoms with Crippen LogP contribution in [0.2, 0.25) is 0 Å². The van der Waals surface area contributed by atoms with E-state index in [0.29, 0.717) is 0 Å². The van der Waals surface area contributed by atoms with Crippen molar-refractivity contribution in [3.05, 3.63) is 0 Å². The zero-order valence-electron chi connectivity index (χ0n) is 5.39. The monoisotopic (exact) mass is 120 g/mol. The Labute approximate surface area is 54.7 Å². The van der Waals surface area contributed by atoms with E-state index in [1.807, 2.05) is 0 Å². The fourth-order valence-electron chi connectivity index (χ4n) is 0.620. The van der Waals surface area contributed by atoms with Gasteiger partial charge in [0.05, 0.1) is 19.3 Å². The van der Waals surface area contributed by atoms with E-state index in [1.54, 1.807) is 13.1 Å². The summed E-state index contributed by atoms with van der Waals surface area (Å²) >= 11 is 0. The van der Waals surface area contributed by atoms with Crippen molar-refractivity contribution in [3.8, 4) is 11.8 Å². The van der Waals surface area contributed by atoms with Crippen molar-refractivity contribution >= 4 is 11.9 Å². The molecule has 0 amide bonds. The molecule has 0 aromatic carbocycles. The van der Waals surface area contributed by atoms with Crippen LogP contribution in [-0.2, 0) is 0 Å². The molecule has 1 rings (SSSR count). The van der Waals surface area contributed by atoms with E-state index >= 15 is 0 Å². The third-order valence-corrected chi connectivity index (χ3v) is 0.978. The molecule has 0 bridgehead atoms. The van der Waals surface area contributed by atoms with Crippen LogP contribution in [0.4, 0.5) is 0 Å². The highest BCUT2D eigenvalue weighted by atomic mass is 14.9. The van der Waals surface area contributed by atoms with Crippen molar-refractivity contribution in [2.75, 3.05) is 13.1 Å². The van der Waals surface area contributed by atoms with Crippen molar-refractivity contribution in [2.45, 2.75) is 6.92 Å². The molecule has 0 unspecified atom stereocenters. The minimum atomic E-state index is 0.792. The third-order valence-electron chi connectivity index (χ3n) is 0.978. The molecular weight excluding hydrogens is 112 g/mol. The van der Waals surface area contributed by atoms with Gasteiger partial charge in [0.1, 0.15) is 5.71 Å². The van der Waals surface area contributed by atoms with Gasteiger partial charge in [0, 0.05) is 0 Å². The maximum Gasteiger partial charge on any atom is 0.125 e. The molecule has 46 valence electrons. The Hall–Kier alpha value is -1.10. The van der Waals surface area contributed by atoms with Crippen molar-refractivity contribution in [1.82, 2.24) is 0 Å². The molecule has 0 N–H and O–H groups in total. The molecule has 2 heteroatoms. The first-order valence-corrected chi connectivity index (χ1v) is 2.90. The van der Waals surface area contributed by atoms with Gasteiger partial charge in [0.2, 0.25) is 0 Å². The maximum atomic E-state index is 4.11. The topological polar surface area (TPSA) is 24.7 Å². The Bertz CT molecular complexity index is 203. The average Bonchev–Trinajstić information content (AvgIpc) is 1.91. The molecular formula is C7H8N2. The summed E-state index contributed by atoms with van der Waals surface area (Å²) in [6.07, 6.45) is 1.72. The summed E-state index contributed by atoms with van der Waals surface area (Å²) in [4.78, 5) is 8.13. The van der Waals surface area contributed by atoms with E-state index in [-0.39, 0.29) is 0 Å². The van der Waals surface area contributed by atoms with Crippen molar-refractivity contribution < 1.29 is 0 Å². The summed E-state index contributed by atoms with van der Waals surface area (Å²) in [5.41, 5.74) is 0.809. The largest absolute Gasteiger partial charge is 0.288 e. The van der Waals surface area contributed by atoms with E-state index in [2.05, 4.69) is 21.8 Å². The maximum absolute atomic E-state index is 4.11. The molecule has 0 fully saturated rings. The number of aliphatic imine (C=N–C) groups is 2. The molecule has 0 radical (unpaired) electrons. The van der Waals surface area contributed by atoms with Crippen LogP contribution in [0.5, 0.6) is 0 Å². The average molecular weight is 120 g/mol. The first-order chi connectivity index (χ1) is 4.43. The summed E-state index contributed by atoms with van der Waals surface area (Å²) in [5.74, 6) is 5.60. The molecule has 0 saturated heterocycles. The van der Waals surface area contributed by atoms with Crippen LogP contribution in [0, 0.1) is 11.8 Å². The van der Waals surface area contributed by atoms with E-state index in [9.17, 15) is 0 Å². The van der Waals surface area contributed by atoms with Crippen molar-refractivity contribution in [1.29, 1.82) is 0 Å². The van der Waals surface area contributed by atoms with E-state index in [0.717, 1.165) is 18.8 Å². The van der Waals surface area contributed by atoms with Crippen LogP contribution in [0.1, 0.15) is 6.92 Å². The summed E-state index contributed by atoms with van der Waals surface area (Å²) in [6, 6.07) is 0. The fraction of sp³-hybridized carbons (Fsp3) is 0.429. The van der Waals surface area contributed by atoms with E-state index < -0.39 is 0 Å². The predicted octanol–water partition coefficient (Wildman–Crippen LogP) is 0.535. The van der Waals surface area contributed by atoms with Crippen LogP contribution in [0.3, 0.4) is 0 Å². The molecule has 1 heterocycles. The molecule has 9 heavy (non-hydrogen) atoms. The summed E-state index contributed by atoms with van der Waals surface area (Å²) < 4.78 is 0. The Morgan fingerprint density at radius 3 is 3.00 bits per heavy atom. The first-order valence-electron chi connectivity index (χ1n) is 2.90. The van der Waals surface area contributed by atoms with Crippen LogP contribution in [-0.4, -0.2) is 25.0 Å². The van der Waals surface area contributed by atoms with Gasteiger partial charge in [0.25, 0.3) is 0 Å². The highest BCUT2D eigenvalue weighted by molar-refractivity contribution is 6.38. The Balaban J connectivity index is 2.65. The highest BCUT2D eigenvalue weighted by Gasteiger charge is 1.92. The standard InChI is InChI=1S/C7H8N2/c1-2-3-7-6-8-4-5-9-7/h6H,4-5H2,1H3. The Morgan fingerprint density at radius 2 is 2.44 bits per heavy atom. The molecule has 0 aromatic heterocycles. The second-order valence-corrected chi connectivity index (χ2v) is 1.68. The zero-order valence-corrected chi connectivity index (χ0v) is 5.39. The number of hydrogen-bond acceptors (Lipinski definition) is 2. The Kier molecular flexibility index (Phi) is 2.03. The molecule has 0 saturated carbocycles. The molecule has 0 aromatic rings. The van der Waals surface area contributed by atoms with Gasteiger partial charge in [-0.15, -0.1) is 0 Å². The molecule has 1 aliphatic rings. The normalized spacial score (nSPS) is 15.9. The molecule has 1 aliphatic heterocycles. The molecule has 0 atom stereocenters. The van der Waals surface area contributed by atoms with Crippen LogP contribution < -0.4 is 0 Å². The lowest BCUT2D eigenvalue weighted by molar-refractivity contribution is 0.973. The lowest BCUT2D eigenvalue weighted by Crippen LogP contribution is -2.05. The number of hydrogen-bond donors (Lipinski definition) is 0. The molecule has 0 aliphatic carbocycles. The van der Waals surface area contributed by atoms with Gasteiger partial charge < -0.3 is 0 Å². The van der Waals surface area contributed by atoms with Gasteiger partial charge in [-0.3, -0.25) is 9.98 Å². The minimum absolute atomic E-state index is 0.792. The minimum Gasteiger partial charge on any atom is -0.288 e. The Morgan fingerprint density at radius 1 is 1.56 bits per heavy atom. The van der Waals surface area contributed by atoms with Gasteiger partial charge in [-0.25, -0.2) is 0 Å². The van der Waals surface area contributed by atoms with Gasteiger partial charge in [-0.05, 0) is 12.8 Å². The molecule has 0 spiro atoms. The highest BCUT2D eigenvalue weighted by Crippen LogP contribution is 1.83. The second-order valence-electron chi connectivity index (χ2n) is 1.68. The van der Waals surface area contributed by atoms with E-state index in [4.69, 9.17) is 0 Å². The van der Waals surface area contributed by atoms with Gasteiger partial charge in [-0.1, -0.05) is 5.92 Å². The third kappa shape index (κ3) is 1.69. The first kappa shape index (κ1) is 6.03. The summed E-state index contributed by atoms with van der Waals surface area (Å²) in [6.45, 7) is 3.40. The van der Waals surface area contributed by atoms with Crippen LogP contribution >= 0.6 is 0 Å². The summed E-state index contributed by atoms with van der Waals surface area (Å²) in [7, 11) is 0. The van der Waals surface area contributed by atoms with E-state index in [1.165, 1.54) is 0 Å². The van der Waals surface area contributed by atoms with Crippen molar-refractivity contribution in [3.63, 3.8) is 0 Å². The fourth-order valence-corrected chi connectivity index (χ4v) is 0.620. The van der Waals surface area contributed by atoms with Crippen LogP contribution in [0.15, 0.2) is 9.98 Å².